The zero-order chi connectivity index (χ0) is 23.3. The van der Waals surface area contributed by atoms with Crippen molar-refractivity contribution in [3.63, 3.8) is 0 Å². The number of anilines is 3. The zero-order valence-electron chi connectivity index (χ0n) is 16.3. The molecule has 0 atom stereocenters. The lowest BCUT2D eigenvalue weighted by molar-refractivity contribution is -0.113. The number of carbonyl (C=O) groups is 2. The van der Waals surface area contributed by atoms with Crippen molar-refractivity contribution in [2.24, 2.45) is 0 Å². The molecular weight excluding hydrogens is 558 g/mol. The molecule has 0 heterocycles. The van der Waals surface area contributed by atoms with Crippen molar-refractivity contribution in [3.05, 3.63) is 86.7 Å². The quantitative estimate of drug-likeness (QED) is 0.256. The predicted molar refractivity (Wildman–Crippen MR) is 126 cm³/mol. The highest BCUT2D eigenvalue weighted by molar-refractivity contribution is 14.1. The summed E-state index contributed by atoms with van der Waals surface area (Å²) < 4.78 is 43.1. The van der Waals surface area contributed by atoms with E-state index in [4.69, 9.17) is 11.6 Å². The van der Waals surface area contributed by atoms with E-state index in [0.717, 1.165) is 12.1 Å². The average molecular weight is 574 g/mol. The predicted octanol–water partition coefficient (Wildman–Crippen LogP) is 5.56. The smallest absolute Gasteiger partial charge is 0.253 e. The first-order valence-corrected chi connectivity index (χ1v) is 10.8. The number of benzene rings is 3. The van der Waals surface area contributed by atoms with Crippen LogP contribution in [0.4, 0.5) is 30.2 Å². The van der Waals surface area contributed by atoms with Crippen LogP contribution in [-0.2, 0) is 11.3 Å². The third-order valence-corrected chi connectivity index (χ3v) is 5.26. The Balaban J connectivity index is 1.76. The second-order valence-electron chi connectivity index (χ2n) is 6.59. The van der Waals surface area contributed by atoms with Gasteiger partial charge < -0.3 is 16.0 Å². The van der Waals surface area contributed by atoms with Crippen molar-refractivity contribution in [1.82, 2.24) is 5.32 Å². The molecule has 0 saturated carbocycles. The number of nitrogens with one attached hydrogen (secondary N) is 3. The molecule has 3 N–H and O–H groups in total. The van der Waals surface area contributed by atoms with Gasteiger partial charge in [-0.2, -0.15) is 0 Å². The molecule has 0 saturated heterocycles. The molecule has 0 aliphatic carbocycles. The van der Waals surface area contributed by atoms with E-state index in [-0.39, 0.29) is 29.6 Å². The van der Waals surface area contributed by atoms with E-state index >= 15 is 0 Å². The monoisotopic (exact) mass is 573 g/mol. The number of amides is 2. The normalized spacial score (nSPS) is 10.5. The summed E-state index contributed by atoms with van der Waals surface area (Å²) in [6, 6.07) is 12.7. The zero-order valence-corrected chi connectivity index (χ0v) is 19.2. The molecule has 5 nitrogen and oxygen atoms in total. The van der Waals surface area contributed by atoms with Gasteiger partial charge in [0.05, 0.1) is 16.9 Å². The van der Waals surface area contributed by atoms with Gasteiger partial charge in [0.15, 0.2) is 11.6 Å². The number of hydrogen-bond acceptors (Lipinski definition) is 3. The Hall–Kier alpha value is -2.79. The summed E-state index contributed by atoms with van der Waals surface area (Å²) in [6.07, 6.45) is 0. The largest absolute Gasteiger partial charge is 0.350 e. The average Bonchev–Trinajstić information content (AvgIpc) is 2.77. The van der Waals surface area contributed by atoms with Crippen LogP contribution in [0.15, 0.2) is 54.6 Å². The third kappa shape index (κ3) is 5.92. The highest BCUT2D eigenvalue weighted by Crippen LogP contribution is 2.28. The summed E-state index contributed by atoms with van der Waals surface area (Å²) in [5, 5.41) is 7.68. The van der Waals surface area contributed by atoms with Crippen LogP contribution < -0.4 is 16.0 Å². The van der Waals surface area contributed by atoms with Crippen molar-refractivity contribution in [1.29, 1.82) is 0 Å². The number of alkyl halides is 1. The molecule has 3 aromatic rings. The van der Waals surface area contributed by atoms with Crippen LogP contribution in [0.3, 0.4) is 0 Å². The van der Waals surface area contributed by atoms with Gasteiger partial charge in [-0.3, -0.25) is 9.59 Å². The number of halogens is 5. The molecule has 0 unspecified atom stereocenters. The standard InChI is InChI=1S/C22H16ClF3IN3O2/c23-10-19(31)29-14-4-1-12(2-5-14)11-28-22(32)15-6-7-16(24)20(26)21(15)30-18-8-3-13(27)9-17(18)25/h1-9,30H,10-11H2,(H,28,32)(H,29,31). The fourth-order valence-electron chi connectivity index (χ4n) is 2.77. The van der Waals surface area contributed by atoms with Crippen molar-refractivity contribution < 1.29 is 22.8 Å². The Morgan fingerprint density at radius 2 is 1.66 bits per heavy atom. The van der Waals surface area contributed by atoms with Crippen LogP contribution in [0.5, 0.6) is 0 Å². The summed E-state index contributed by atoms with van der Waals surface area (Å²) in [5.74, 6) is -4.35. The van der Waals surface area contributed by atoms with Crippen LogP contribution >= 0.6 is 34.2 Å². The lowest BCUT2D eigenvalue weighted by Gasteiger charge is -2.15. The Labute approximate surface area is 200 Å². The third-order valence-electron chi connectivity index (χ3n) is 4.34. The molecule has 0 bridgehead atoms. The Kier molecular flexibility index (Phi) is 7.97. The number of carbonyl (C=O) groups excluding carboxylic acids is 2. The molecule has 166 valence electrons. The lowest BCUT2D eigenvalue weighted by Crippen LogP contribution is -2.24. The van der Waals surface area contributed by atoms with Crippen molar-refractivity contribution in [2.45, 2.75) is 6.54 Å². The molecular formula is C22H16ClF3IN3O2. The fraction of sp³-hybridized carbons (Fsp3) is 0.0909. The Morgan fingerprint density at radius 3 is 2.31 bits per heavy atom. The molecule has 0 aromatic heterocycles. The first-order chi connectivity index (χ1) is 15.3. The van der Waals surface area contributed by atoms with Gasteiger partial charge in [-0.15, -0.1) is 11.6 Å². The van der Waals surface area contributed by atoms with Crippen LogP contribution in [0, 0.1) is 21.0 Å². The van der Waals surface area contributed by atoms with E-state index < -0.39 is 29.0 Å². The number of hydrogen-bond donors (Lipinski definition) is 3. The SMILES string of the molecule is O=C(CCl)Nc1ccc(CNC(=O)c2ccc(F)c(F)c2Nc2ccc(I)cc2F)cc1. The summed E-state index contributed by atoms with van der Waals surface area (Å²) in [7, 11) is 0. The molecule has 0 radical (unpaired) electrons. The highest BCUT2D eigenvalue weighted by Gasteiger charge is 2.20. The summed E-state index contributed by atoms with van der Waals surface area (Å²) in [4.78, 5) is 24.0. The first-order valence-electron chi connectivity index (χ1n) is 9.21. The molecule has 2 amide bonds. The van der Waals surface area contributed by atoms with Gasteiger partial charge in [0, 0.05) is 15.8 Å². The maximum absolute atomic E-state index is 14.5. The molecule has 10 heteroatoms. The highest BCUT2D eigenvalue weighted by atomic mass is 127. The van der Waals surface area contributed by atoms with Gasteiger partial charge in [-0.25, -0.2) is 13.2 Å². The van der Waals surface area contributed by atoms with E-state index in [2.05, 4.69) is 16.0 Å². The van der Waals surface area contributed by atoms with Crippen molar-refractivity contribution in [3.8, 4) is 0 Å². The molecule has 3 rings (SSSR count). The molecule has 32 heavy (non-hydrogen) atoms. The van der Waals surface area contributed by atoms with Gasteiger partial charge in [-0.1, -0.05) is 12.1 Å². The van der Waals surface area contributed by atoms with Gasteiger partial charge >= 0.3 is 0 Å². The van der Waals surface area contributed by atoms with Gasteiger partial charge in [0.1, 0.15) is 11.7 Å². The van der Waals surface area contributed by atoms with E-state index in [1.54, 1.807) is 30.3 Å². The maximum Gasteiger partial charge on any atom is 0.253 e. The van der Waals surface area contributed by atoms with E-state index in [1.807, 2.05) is 22.6 Å². The first kappa shape index (κ1) is 23.9. The molecule has 0 aliphatic heterocycles. The van der Waals surface area contributed by atoms with E-state index in [9.17, 15) is 22.8 Å². The maximum atomic E-state index is 14.5. The van der Waals surface area contributed by atoms with Crippen LogP contribution in [0.25, 0.3) is 0 Å². The minimum absolute atomic E-state index is 0.0822. The van der Waals surface area contributed by atoms with Crippen LogP contribution in [0.1, 0.15) is 15.9 Å². The van der Waals surface area contributed by atoms with Crippen molar-refractivity contribution >= 4 is 63.1 Å². The second-order valence-corrected chi connectivity index (χ2v) is 8.11. The number of rotatable bonds is 7. The van der Waals surface area contributed by atoms with E-state index in [1.165, 1.54) is 12.1 Å². The van der Waals surface area contributed by atoms with Gasteiger partial charge in [0.2, 0.25) is 5.91 Å². The summed E-state index contributed by atoms with van der Waals surface area (Å²) in [5.41, 5.74) is 0.480. The molecule has 0 fully saturated rings. The summed E-state index contributed by atoms with van der Waals surface area (Å²) >= 11 is 7.36. The lowest BCUT2D eigenvalue weighted by atomic mass is 10.1. The van der Waals surface area contributed by atoms with E-state index in [0.29, 0.717) is 14.8 Å². The second kappa shape index (κ2) is 10.7. The molecule has 0 aliphatic rings. The van der Waals surface area contributed by atoms with Crippen LogP contribution in [0.2, 0.25) is 0 Å². The topological polar surface area (TPSA) is 70.2 Å². The van der Waals surface area contributed by atoms with Crippen molar-refractivity contribution in [2.75, 3.05) is 16.5 Å². The molecule has 3 aromatic carbocycles. The Bertz CT molecular complexity index is 1160. The Morgan fingerprint density at radius 1 is 0.938 bits per heavy atom. The summed E-state index contributed by atoms with van der Waals surface area (Å²) in [6.45, 7) is 0.0822. The van der Waals surface area contributed by atoms with Gasteiger partial charge in [-0.05, 0) is 70.6 Å². The molecule has 0 spiro atoms. The fourth-order valence-corrected chi connectivity index (χ4v) is 3.29. The van der Waals surface area contributed by atoms with Crippen LogP contribution in [-0.4, -0.2) is 17.7 Å². The van der Waals surface area contributed by atoms with Gasteiger partial charge in [0.25, 0.3) is 5.91 Å². The minimum atomic E-state index is -1.30. The minimum Gasteiger partial charge on any atom is -0.350 e.